The molecule has 0 aliphatic heterocycles. The number of ether oxygens (including phenoxy) is 1. The van der Waals surface area contributed by atoms with Crippen LogP contribution in [0.5, 0.6) is 0 Å². The summed E-state index contributed by atoms with van der Waals surface area (Å²) < 4.78 is 30.2. The summed E-state index contributed by atoms with van der Waals surface area (Å²) in [5, 5.41) is 3.01. The first kappa shape index (κ1) is 68.2. The van der Waals surface area contributed by atoms with Crippen molar-refractivity contribution in [3.8, 4) is 0 Å². The molecule has 9 nitrogen and oxygen atoms in total. The molecule has 0 rings (SSSR count). The van der Waals surface area contributed by atoms with Gasteiger partial charge < -0.3 is 28.5 Å². The fourth-order valence-corrected chi connectivity index (χ4v) is 8.75. The second-order valence-electron chi connectivity index (χ2n) is 20.6. The number of phosphoric ester groups is 1. The first-order valence-electron chi connectivity index (χ1n) is 29.0. The van der Waals surface area contributed by atoms with Crippen molar-refractivity contribution in [1.29, 1.82) is 0 Å². The molecule has 0 saturated carbocycles. The number of amides is 1. The third kappa shape index (κ3) is 51.9. The molecule has 10 heteroatoms. The summed E-state index contributed by atoms with van der Waals surface area (Å²) in [4.78, 5) is 39.9. The average Bonchev–Trinajstić information content (AvgIpc) is 3.33. The topological polar surface area (TPSA) is 114 Å². The number of hydrogen-bond acceptors (Lipinski definition) is 7. The Labute approximate surface area is 437 Å². The van der Waals surface area contributed by atoms with Crippen LogP contribution in [-0.4, -0.2) is 69.4 Å². The lowest BCUT2D eigenvalue weighted by Crippen LogP contribution is -2.47. The maximum Gasteiger partial charge on any atom is 0.306 e. The van der Waals surface area contributed by atoms with Gasteiger partial charge in [0, 0.05) is 12.8 Å². The van der Waals surface area contributed by atoms with E-state index in [9.17, 15) is 19.0 Å². The van der Waals surface area contributed by atoms with Crippen molar-refractivity contribution in [2.45, 2.75) is 251 Å². The van der Waals surface area contributed by atoms with E-state index in [1.54, 1.807) is 0 Å². The Kier molecular flexibility index (Phi) is 48.7. The van der Waals surface area contributed by atoms with Gasteiger partial charge >= 0.3 is 5.97 Å². The van der Waals surface area contributed by atoms with E-state index in [0.29, 0.717) is 23.9 Å². The summed E-state index contributed by atoms with van der Waals surface area (Å²) in [7, 11) is 1.15. The van der Waals surface area contributed by atoms with Crippen LogP contribution in [0.4, 0.5) is 0 Å². The standard InChI is InChI=1S/C61H109N2O7P/c1-7-10-13-16-19-22-25-28-30-32-34-36-39-42-45-48-51-54-61(65)70-59(52-49-46-43-40-37-27-24-21-18-15-12-9-3)58(57-69-71(66,67)68-56-55-63(4,5)6)62-60(64)53-50-47-44-41-38-35-33-31-29-26-23-20-17-14-11-8-2/h10,13,16,19,22,25,28,30,32,34,36,39,49,52,58-59H,7-9,11-12,14-15,17-18,20-21,23-24,26-27,29,31,33,35,37-38,40-48,50-51,53-57H2,1-6H3,(H-,62,64,66,67)/b13-10-,19-16+,25-22+,30-28-,34-32+,39-36+,52-49+. The molecule has 1 N–H and O–H groups in total. The zero-order valence-electron chi connectivity index (χ0n) is 46.7. The van der Waals surface area contributed by atoms with E-state index in [1.165, 1.54) is 135 Å². The second kappa shape index (κ2) is 50.7. The predicted molar refractivity (Wildman–Crippen MR) is 302 cm³/mol. The highest BCUT2D eigenvalue weighted by atomic mass is 31.2. The van der Waals surface area contributed by atoms with Crippen LogP contribution in [0, 0.1) is 0 Å². The lowest BCUT2D eigenvalue weighted by Gasteiger charge is -2.30. The summed E-state index contributed by atoms with van der Waals surface area (Å²) in [6.45, 7) is 6.66. The maximum atomic E-state index is 13.5. The van der Waals surface area contributed by atoms with Gasteiger partial charge in [-0.2, -0.15) is 0 Å². The summed E-state index contributed by atoms with van der Waals surface area (Å²) in [5.41, 5.74) is 0. The highest BCUT2D eigenvalue weighted by Crippen LogP contribution is 2.38. The van der Waals surface area contributed by atoms with Crippen molar-refractivity contribution >= 4 is 19.7 Å². The molecule has 0 spiro atoms. The maximum absolute atomic E-state index is 13.5. The Bertz CT molecular complexity index is 1490. The first-order chi connectivity index (χ1) is 34.4. The SMILES string of the molecule is CC\C=C/C=C/C=C/C=C\C=C\C=C\CCCCCC(=O)OC(/C=C/CCCCCCCCCCCC)C(COP(=O)([O-])OCC[N+](C)(C)C)NC(=O)CCCCCCCCCCCCCCCCCC. The number of quaternary nitrogens is 1. The van der Waals surface area contributed by atoms with Crippen molar-refractivity contribution in [3.63, 3.8) is 0 Å². The van der Waals surface area contributed by atoms with Crippen LogP contribution in [-0.2, 0) is 27.9 Å². The quantitative estimate of drug-likeness (QED) is 0.0161. The molecule has 1 amide bonds. The zero-order valence-corrected chi connectivity index (χ0v) is 47.5. The van der Waals surface area contributed by atoms with E-state index in [2.05, 4.69) is 38.2 Å². The normalized spacial score (nSPS) is 14.4. The molecular formula is C61H109N2O7P. The number of phosphoric acid groups is 1. The van der Waals surface area contributed by atoms with Crippen LogP contribution in [0.15, 0.2) is 85.1 Å². The third-order valence-electron chi connectivity index (χ3n) is 12.5. The Balaban J connectivity index is 5.42. The molecule has 0 bridgehead atoms. The number of unbranched alkanes of at least 4 members (excludes halogenated alkanes) is 28. The van der Waals surface area contributed by atoms with E-state index in [4.69, 9.17) is 13.8 Å². The van der Waals surface area contributed by atoms with Gasteiger partial charge in [0.25, 0.3) is 7.82 Å². The van der Waals surface area contributed by atoms with E-state index in [1.807, 2.05) is 94.1 Å². The van der Waals surface area contributed by atoms with Crippen LogP contribution in [0.3, 0.4) is 0 Å². The number of nitrogens with zero attached hydrogens (tertiary/aromatic N) is 1. The fourth-order valence-electron chi connectivity index (χ4n) is 8.02. The van der Waals surface area contributed by atoms with Gasteiger partial charge in [0.05, 0.1) is 33.8 Å². The monoisotopic (exact) mass is 1010 g/mol. The van der Waals surface area contributed by atoms with Crippen LogP contribution < -0.4 is 10.2 Å². The first-order valence-corrected chi connectivity index (χ1v) is 30.4. The van der Waals surface area contributed by atoms with Gasteiger partial charge in [-0.25, -0.2) is 0 Å². The minimum absolute atomic E-state index is 0.0324. The minimum Gasteiger partial charge on any atom is -0.756 e. The van der Waals surface area contributed by atoms with E-state index in [0.717, 1.165) is 64.2 Å². The van der Waals surface area contributed by atoms with Crippen LogP contribution >= 0.6 is 7.82 Å². The number of carbonyl (C=O) groups excluding carboxylic acids is 2. The highest BCUT2D eigenvalue weighted by Gasteiger charge is 2.27. The van der Waals surface area contributed by atoms with Gasteiger partial charge in [0.2, 0.25) is 5.91 Å². The average molecular weight is 1010 g/mol. The molecule has 0 saturated heterocycles. The number of carbonyl (C=O) groups is 2. The van der Waals surface area contributed by atoms with Crippen molar-refractivity contribution in [2.24, 2.45) is 0 Å². The summed E-state index contributed by atoms with van der Waals surface area (Å²) in [6, 6.07) is -0.908. The molecule has 0 radical (unpaired) electrons. The van der Waals surface area contributed by atoms with Gasteiger partial charge in [0.15, 0.2) is 0 Å². The molecule has 0 aliphatic rings. The molecule has 410 valence electrons. The molecular weight excluding hydrogens is 904 g/mol. The largest absolute Gasteiger partial charge is 0.756 e. The molecule has 0 fully saturated rings. The van der Waals surface area contributed by atoms with E-state index in [-0.39, 0.29) is 24.9 Å². The van der Waals surface area contributed by atoms with Crippen LogP contribution in [0.25, 0.3) is 0 Å². The van der Waals surface area contributed by atoms with Gasteiger partial charge in [-0.05, 0) is 51.0 Å². The number of hydrogen-bond donors (Lipinski definition) is 1. The minimum atomic E-state index is -4.71. The Hall–Kier alpha value is -2.81. The molecule has 0 heterocycles. The van der Waals surface area contributed by atoms with Gasteiger partial charge in [-0.15, -0.1) is 0 Å². The molecule has 3 unspecified atom stereocenters. The Morgan fingerprint density at radius 3 is 1.37 bits per heavy atom. The number of likely N-dealkylation sites (N-methyl/N-ethyl adjacent to an activating group) is 1. The molecule has 0 aromatic heterocycles. The van der Waals surface area contributed by atoms with Crippen molar-refractivity contribution in [3.05, 3.63) is 85.1 Å². The molecule has 0 aromatic rings. The van der Waals surface area contributed by atoms with Crippen molar-refractivity contribution in [1.82, 2.24) is 5.32 Å². The van der Waals surface area contributed by atoms with Gasteiger partial charge in [-0.3, -0.25) is 14.2 Å². The lowest BCUT2D eigenvalue weighted by atomic mass is 10.0. The van der Waals surface area contributed by atoms with Crippen molar-refractivity contribution in [2.75, 3.05) is 40.9 Å². The second-order valence-corrected chi connectivity index (χ2v) is 22.0. The number of esters is 1. The van der Waals surface area contributed by atoms with Gasteiger partial charge in [-0.1, -0.05) is 260 Å². The van der Waals surface area contributed by atoms with E-state index < -0.39 is 26.6 Å². The third-order valence-corrected chi connectivity index (χ3v) is 13.5. The number of allylic oxidation sites excluding steroid dienone is 13. The van der Waals surface area contributed by atoms with Crippen LogP contribution in [0.1, 0.15) is 239 Å². The predicted octanol–water partition coefficient (Wildman–Crippen LogP) is 16.8. The molecule has 71 heavy (non-hydrogen) atoms. The molecule has 0 aliphatic carbocycles. The summed E-state index contributed by atoms with van der Waals surface area (Å²) in [6.07, 6.45) is 65.4. The lowest BCUT2D eigenvalue weighted by molar-refractivity contribution is -0.870. The number of nitrogens with one attached hydrogen (secondary N) is 1. The highest BCUT2D eigenvalue weighted by molar-refractivity contribution is 7.45. The smallest absolute Gasteiger partial charge is 0.306 e. The molecule has 0 aromatic carbocycles. The van der Waals surface area contributed by atoms with Gasteiger partial charge in [0.1, 0.15) is 19.3 Å². The molecule has 3 atom stereocenters. The zero-order chi connectivity index (χ0) is 52.2. The number of rotatable bonds is 51. The van der Waals surface area contributed by atoms with Crippen molar-refractivity contribution < 1.29 is 37.3 Å². The van der Waals surface area contributed by atoms with Crippen LogP contribution in [0.2, 0.25) is 0 Å². The summed E-state index contributed by atoms with van der Waals surface area (Å²) in [5.74, 6) is -0.591. The Morgan fingerprint density at radius 1 is 0.507 bits per heavy atom. The fraction of sp³-hybridized carbons (Fsp3) is 0.738. The summed E-state index contributed by atoms with van der Waals surface area (Å²) >= 11 is 0. The van der Waals surface area contributed by atoms with E-state index >= 15 is 0 Å². The Morgan fingerprint density at radius 2 is 0.901 bits per heavy atom.